The Morgan fingerprint density at radius 2 is 1.95 bits per heavy atom. The number of nitrogens with one attached hydrogen (secondary N) is 1. The van der Waals surface area contributed by atoms with E-state index in [1.807, 2.05) is 0 Å². The fourth-order valence-electron chi connectivity index (χ4n) is 1.37. The molecule has 19 heavy (non-hydrogen) atoms. The molecule has 0 fully saturated rings. The van der Waals surface area contributed by atoms with Crippen LogP contribution < -0.4 is 11.1 Å². The van der Waals surface area contributed by atoms with Gasteiger partial charge in [-0.15, -0.1) is 0 Å². The first-order valence-electron chi connectivity index (χ1n) is 5.81. The van der Waals surface area contributed by atoms with Gasteiger partial charge in [0.2, 0.25) is 5.91 Å². The SMILES string of the molecule is CC(C)(CN)C(=O)NCc1cccc(C(F)(F)F)c1. The van der Waals surface area contributed by atoms with Crippen LogP contribution in [0.5, 0.6) is 0 Å². The molecule has 106 valence electrons. The van der Waals surface area contributed by atoms with Crippen LogP contribution in [0.15, 0.2) is 24.3 Å². The van der Waals surface area contributed by atoms with Crippen molar-refractivity contribution >= 4 is 5.91 Å². The molecule has 6 heteroatoms. The smallest absolute Gasteiger partial charge is 0.352 e. The normalized spacial score (nSPS) is 12.3. The first-order chi connectivity index (χ1) is 8.66. The number of hydrogen-bond donors (Lipinski definition) is 2. The topological polar surface area (TPSA) is 55.1 Å². The van der Waals surface area contributed by atoms with Gasteiger partial charge in [0.15, 0.2) is 0 Å². The van der Waals surface area contributed by atoms with E-state index in [4.69, 9.17) is 5.73 Å². The van der Waals surface area contributed by atoms with Crippen molar-refractivity contribution in [3.63, 3.8) is 0 Å². The van der Waals surface area contributed by atoms with Crippen molar-refractivity contribution in [2.24, 2.45) is 11.1 Å². The number of alkyl halides is 3. The molecule has 1 aromatic carbocycles. The Kier molecular flexibility index (Phi) is 4.57. The minimum Gasteiger partial charge on any atom is -0.352 e. The summed E-state index contributed by atoms with van der Waals surface area (Å²) in [4.78, 5) is 11.7. The maximum atomic E-state index is 12.5. The van der Waals surface area contributed by atoms with E-state index in [1.54, 1.807) is 13.8 Å². The van der Waals surface area contributed by atoms with Crippen LogP contribution in [0.4, 0.5) is 13.2 Å². The van der Waals surface area contributed by atoms with Crippen LogP contribution in [0.25, 0.3) is 0 Å². The largest absolute Gasteiger partial charge is 0.416 e. The summed E-state index contributed by atoms with van der Waals surface area (Å²) < 4.78 is 37.5. The molecule has 0 saturated carbocycles. The number of nitrogens with two attached hydrogens (primary N) is 1. The van der Waals surface area contributed by atoms with Crippen molar-refractivity contribution in [2.75, 3.05) is 6.54 Å². The zero-order valence-corrected chi connectivity index (χ0v) is 10.8. The third-order valence-electron chi connectivity index (χ3n) is 2.83. The molecule has 1 amide bonds. The Morgan fingerprint density at radius 3 is 2.47 bits per heavy atom. The molecule has 0 aliphatic rings. The Balaban J connectivity index is 2.72. The van der Waals surface area contributed by atoms with E-state index in [0.717, 1.165) is 12.1 Å². The highest BCUT2D eigenvalue weighted by atomic mass is 19.4. The number of carbonyl (C=O) groups excluding carboxylic acids is 1. The van der Waals surface area contributed by atoms with Gasteiger partial charge >= 0.3 is 6.18 Å². The lowest BCUT2D eigenvalue weighted by atomic mass is 9.92. The lowest BCUT2D eigenvalue weighted by Crippen LogP contribution is -2.41. The lowest BCUT2D eigenvalue weighted by Gasteiger charge is -2.21. The van der Waals surface area contributed by atoms with E-state index < -0.39 is 17.2 Å². The van der Waals surface area contributed by atoms with Gasteiger partial charge in [-0.05, 0) is 31.5 Å². The number of amides is 1. The van der Waals surface area contributed by atoms with Crippen molar-refractivity contribution in [1.29, 1.82) is 0 Å². The second-order valence-electron chi connectivity index (χ2n) is 4.97. The van der Waals surface area contributed by atoms with Crippen LogP contribution in [0, 0.1) is 5.41 Å². The molecule has 0 heterocycles. The number of hydrogen-bond acceptors (Lipinski definition) is 2. The minimum atomic E-state index is -4.38. The molecule has 0 saturated heterocycles. The van der Waals surface area contributed by atoms with Gasteiger partial charge in [0.1, 0.15) is 0 Å². The van der Waals surface area contributed by atoms with Gasteiger partial charge in [-0.2, -0.15) is 13.2 Å². The second kappa shape index (κ2) is 5.61. The molecule has 0 unspecified atom stereocenters. The predicted octanol–water partition coefficient (Wildman–Crippen LogP) is 2.31. The second-order valence-corrected chi connectivity index (χ2v) is 4.97. The van der Waals surface area contributed by atoms with E-state index in [0.29, 0.717) is 5.56 Å². The van der Waals surface area contributed by atoms with Gasteiger partial charge < -0.3 is 11.1 Å². The van der Waals surface area contributed by atoms with Crippen molar-refractivity contribution in [3.8, 4) is 0 Å². The molecule has 0 spiro atoms. The predicted molar refractivity (Wildman–Crippen MR) is 66.1 cm³/mol. The van der Waals surface area contributed by atoms with Gasteiger partial charge in [-0.1, -0.05) is 12.1 Å². The molecule has 0 radical (unpaired) electrons. The van der Waals surface area contributed by atoms with Crippen molar-refractivity contribution in [1.82, 2.24) is 5.32 Å². The summed E-state index contributed by atoms with van der Waals surface area (Å²) in [6.45, 7) is 3.57. The highest BCUT2D eigenvalue weighted by molar-refractivity contribution is 5.82. The minimum absolute atomic E-state index is 0.0478. The van der Waals surface area contributed by atoms with Crippen molar-refractivity contribution < 1.29 is 18.0 Å². The molecule has 1 aromatic rings. The molecular weight excluding hydrogens is 257 g/mol. The number of benzene rings is 1. The quantitative estimate of drug-likeness (QED) is 0.885. The molecule has 0 atom stereocenters. The highest BCUT2D eigenvalue weighted by Crippen LogP contribution is 2.29. The Hall–Kier alpha value is -1.56. The van der Waals surface area contributed by atoms with E-state index in [2.05, 4.69) is 5.32 Å². The molecule has 1 rings (SSSR count). The number of halogens is 3. The molecule has 0 aromatic heterocycles. The first kappa shape index (κ1) is 15.5. The molecule has 3 N–H and O–H groups in total. The zero-order chi connectivity index (χ0) is 14.7. The number of carbonyl (C=O) groups is 1. The van der Waals surface area contributed by atoms with E-state index in [9.17, 15) is 18.0 Å². The van der Waals surface area contributed by atoms with Crippen LogP contribution >= 0.6 is 0 Å². The Morgan fingerprint density at radius 1 is 1.32 bits per heavy atom. The fraction of sp³-hybridized carbons (Fsp3) is 0.462. The monoisotopic (exact) mass is 274 g/mol. The van der Waals surface area contributed by atoms with Crippen LogP contribution in [-0.4, -0.2) is 12.5 Å². The summed E-state index contributed by atoms with van der Waals surface area (Å²) in [5.74, 6) is -0.285. The van der Waals surface area contributed by atoms with Crippen molar-refractivity contribution in [3.05, 3.63) is 35.4 Å². The third kappa shape index (κ3) is 4.24. The molecule has 0 aliphatic carbocycles. The van der Waals surface area contributed by atoms with Gasteiger partial charge in [0.05, 0.1) is 11.0 Å². The Bertz CT molecular complexity index is 455. The molecule has 3 nitrogen and oxygen atoms in total. The maximum absolute atomic E-state index is 12.5. The van der Waals surface area contributed by atoms with Gasteiger partial charge in [0.25, 0.3) is 0 Å². The fourth-order valence-corrected chi connectivity index (χ4v) is 1.37. The van der Waals surface area contributed by atoms with Crippen LogP contribution in [0.3, 0.4) is 0 Å². The van der Waals surface area contributed by atoms with Crippen LogP contribution in [0.2, 0.25) is 0 Å². The van der Waals surface area contributed by atoms with Crippen LogP contribution in [-0.2, 0) is 17.5 Å². The van der Waals surface area contributed by atoms with Gasteiger partial charge in [-0.25, -0.2) is 0 Å². The van der Waals surface area contributed by atoms with E-state index in [1.165, 1.54) is 12.1 Å². The van der Waals surface area contributed by atoms with Crippen molar-refractivity contribution in [2.45, 2.75) is 26.6 Å². The summed E-state index contributed by atoms with van der Waals surface area (Å²) in [7, 11) is 0. The standard InChI is InChI=1S/C13H17F3N2O/c1-12(2,8-17)11(19)18-7-9-4-3-5-10(6-9)13(14,15)16/h3-6H,7-8,17H2,1-2H3,(H,18,19). The molecule has 0 bridgehead atoms. The summed E-state index contributed by atoms with van der Waals surface area (Å²) in [5.41, 5.74) is 4.39. The van der Waals surface area contributed by atoms with E-state index >= 15 is 0 Å². The number of rotatable bonds is 4. The average Bonchev–Trinajstić information content (AvgIpc) is 2.35. The third-order valence-corrected chi connectivity index (χ3v) is 2.83. The lowest BCUT2D eigenvalue weighted by molar-refractivity contribution is -0.137. The first-order valence-corrected chi connectivity index (χ1v) is 5.81. The molecule has 0 aliphatic heterocycles. The summed E-state index contributed by atoms with van der Waals surface area (Å²) in [6.07, 6.45) is -4.38. The average molecular weight is 274 g/mol. The van der Waals surface area contributed by atoms with Gasteiger partial charge in [-0.3, -0.25) is 4.79 Å². The summed E-state index contributed by atoms with van der Waals surface area (Å²) in [5, 5.41) is 2.58. The van der Waals surface area contributed by atoms with E-state index in [-0.39, 0.29) is 19.0 Å². The van der Waals surface area contributed by atoms with Gasteiger partial charge in [0, 0.05) is 13.1 Å². The van der Waals surface area contributed by atoms with Crippen LogP contribution in [0.1, 0.15) is 25.0 Å². The maximum Gasteiger partial charge on any atom is 0.416 e. The molecular formula is C13H17F3N2O. The highest BCUT2D eigenvalue weighted by Gasteiger charge is 2.30. The summed E-state index contributed by atoms with van der Waals surface area (Å²) >= 11 is 0. The Labute approximate surface area is 110 Å². The summed E-state index contributed by atoms with van der Waals surface area (Å²) in [6, 6.07) is 4.87. The zero-order valence-electron chi connectivity index (χ0n) is 10.8.